The maximum Gasteiger partial charge on any atom is 0.307 e. The number of esters is 1. The van der Waals surface area contributed by atoms with Crippen LogP contribution in [0.2, 0.25) is 0 Å². The Labute approximate surface area is 153 Å². The van der Waals surface area contributed by atoms with Crippen LogP contribution in [0.15, 0.2) is 53.7 Å². The lowest BCUT2D eigenvalue weighted by Crippen LogP contribution is -2.38. The van der Waals surface area contributed by atoms with Crippen molar-refractivity contribution in [3.63, 3.8) is 0 Å². The fourth-order valence-corrected chi connectivity index (χ4v) is 3.71. The maximum atomic E-state index is 12.7. The van der Waals surface area contributed by atoms with E-state index in [-0.39, 0.29) is 17.9 Å². The summed E-state index contributed by atoms with van der Waals surface area (Å²) in [5.74, 6) is -0.0307. The predicted molar refractivity (Wildman–Crippen MR) is 96.3 cm³/mol. The van der Waals surface area contributed by atoms with Crippen molar-refractivity contribution in [1.82, 2.24) is 9.71 Å². The van der Waals surface area contributed by atoms with Crippen LogP contribution in [0.4, 0.5) is 0 Å². The summed E-state index contributed by atoms with van der Waals surface area (Å²) in [7, 11) is -2.37. The number of sulfonamides is 1. The van der Waals surface area contributed by atoms with E-state index in [1.165, 1.54) is 19.2 Å². The minimum atomic E-state index is -3.83. The van der Waals surface area contributed by atoms with E-state index in [1.54, 1.807) is 37.5 Å². The minimum Gasteiger partial charge on any atom is -0.497 e. The molecule has 1 aromatic carbocycles. The highest BCUT2D eigenvalue weighted by Crippen LogP contribution is 2.18. The Balaban J connectivity index is 2.21. The molecule has 0 aliphatic rings. The molecule has 0 spiro atoms. The van der Waals surface area contributed by atoms with Gasteiger partial charge in [-0.1, -0.05) is 12.1 Å². The van der Waals surface area contributed by atoms with Gasteiger partial charge >= 0.3 is 5.97 Å². The second-order valence-corrected chi connectivity index (χ2v) is 7.29. The zero-order valence-corrected chi connectivity index (χ0v) is 15.5. The largest absolute Gasteiger partial charge is 0.497 e. The molecule has 0 amide bonds. The van der Waals surface area contributed by atoms with Gasteiger partial charge in [0, 0.05) is 24.5 Å². The highest BCUT2D eigenvalue weighted by Gasteiger charge is 2.23. The van der Waals surface area contributed by atoms with Crippen molar-refractivity contribution in [3.8, 4) is 5.75 Å². The highest BCUT2D eigenvalue weighted by atomic mass is 32.2. The number of ether oxygens (including phenoxy) is 2. The standard InChI is InChI=1S/C18H22N2O5S/c1-3-25-18(21)11-15(10-14-6-5-9-19-13-14)20-26(22,23)17-8-4-7-16(12-17)24-2/h4-9,12-13,15,20H,3,10-11H2,1-2H3. The molecule has 0 saturated heterocycles. The number of hydrogen-bond donors (Lipinski definition) is 1. The van der Waals surface area contributed by atoms with Gasteiger partial charge < -0.3 is 9.47 Å². The van der Waals surface area contributed by atoms with Gasteiger partial charge in [0.1, 0.15) is 5.75 Å². The third-order valence-corrected chi connectivity index (χ3v) is 5.11. The average molecular weight is 378 g/mol. The van der Waals surface area contributed by atoms with Crippen LogP contribution in [-0.4, -0.2) is 39.1 Å². The first-order valence-electron chi connectivity index (χ1n) is 8.15. The van der Waals surface area contributed by atoms with E-state index in [4.69, 9.17) is 9.47 Å². The molecule has 0 radical (unpaired) electrons. The third kappa shape index (κ3) is 5.82. The lowest BCUT2D eigenvalue weighted by Gasteiger charge is -2.18. The normalized spacial score (nSPS) is 12.4. The molecule has 2 aromatic rings. The van der Waals surface area contributed by atoms with Crippen LogP contribution in [0.3, 0.4) is 0 Å². The lowest BCUT2D eigenvalue weighted by atomic mass is 10.1. The summed E-state index contributed by atoms with van der Waals surface area (Å²) in [4.78, 5) is 16.0. The van der Waals surface area contributed by atoms with Gasteiger partial charge in [0.15, 0.2) is 0 Å². The number of aromatic nitrogens is 1. The van der Waals surface area contributed by atoms with Crippen LogP contribution >= 0.6 is 0 Å². The third-order valence-electron chi connectivity index (χ3n) is 3.60. The lowest BCUT2D eigenvalue weighted by molar-refractivity contribution is -0.143. The van der Waals surface area contributed by atoms with Crippen LogP contribution in [-0.2, 0) is 26.0 Å². The molecule has 140 valence electrons. The summed E-state index contributed by atoms with van der Waals surface area (Å²) in [6.45, 7) is 1.94. The molecular weight excluding hydrogens is 356 g/mol. The molecule has 0 fully saturated rings. The van der Waals surface area contributed by atoms with E-state index in [1.807, 2.05) is 6.07 Å². The van der Waals surface area contributed by atoms with Crippen molar-refractivity contribution in [2.45, 2.75) is 30.7 Å². The van der Waals surface area contributed by atoms with Crippen LogP contribution in [0, 0.1) is 0 Å². The van der Waals surface area contributed by atoms with E-state index in [9.17, 15) is 13.2 Å². The van der Waals surface area contributed by atoms with Crippen molar-refractivity contribution in [1.29, 1.82) is 0 Å². The zero-order chi connectivity index (χ0) is 19.0. The van der Waals surface area contributed by atoms with Crippen molar-refractivity contribution >= 4 is 16.0 Å². The Morgan fingerprint density at radius 2 is 2.08 bits per heavy atom. The first kappa shape index (κ1) is 19.9. The Kier molecular flexibility index (Phi) is 7.11. The van der Waals surface area contributed by atoms with Gasteiger partial charge in [0.2, 0.25) is 10.0 Å². The predicted octanol–water partition coefficient (Wildman–Crippen LogP) is 1.93. The maximum absolute atomic E-state index is 12.7. The smallest absolute Gasteiger partial charge is 0.307 e. The average Bonchev–Trinajstić information content (AvgIpc) is 2.62. The Morgan fingerprint density at radius 1 is 1.27 bits per heavy atom. The Morgan fingerprint density at radius 3 is 2.73 bits per heavy atom. The summed E-state index contributed by atoms with van der Waals surface area (Å²) >= 11 is 0. The van der Waals surface area contributed by atoms with Crippen LogP contribution in [0.1, 0.15) is 18.9 Å². The topological polar surface area (TPSA) is 94.6 Å². The number of pyridine rings is 1. The summed E-state index contributed by atoms with van der Waals surface area (Å²) < 4.78 is 38.0. The second-order valence-electron chi connectivity index (χ2n) is 5.57. The SMILES string of the molecule is CCOC(=O)CC(Cc1cccnc1)NS(=O)(=O)c1cccc(OC)c1. The number of nitrogens with zero attached hydrogens (tertiary/aromatic N) is 1. The number of rotatable bonds is 9. The zero-order valence-electron chi connectivity index (χ0n) is 14.7. The van der Waals surface area contributed by atoms with Crippen LogP contribution < -0.4 is 9.46 Å². The van der Waals surface area contributed by atoms with E-state index >= 15 is 0 Å². The van der Waals surface area contributed by atoms with Gasteiger partial charge in [-0.25, -0.2) is 13.1 Å². The molecule has 0 bridgehead atoms. The number of carbonyl (C=O) groups excluding carboxylic acids is 1. The van der Waals surface area contributed by atoms with Crippen LogP contribution in [0.25, 0.3) is 0 Å². The van der Waals surface area contributed by atoms with Gasteiger partial charge in [-0.2, -0.15) is 0 Å². The summed E-state index contributed by atoms with van der Waals surface area (Å²) in [5, 5.41) is 0. The quantitative estimate of drug-likeness (QED) is 0.670. The fourth-order valence-electron chi connectivity index (χ4n) is 2.44. The number of carbonyl (C=O) groups is 1. The number of nitrogens with one attached hydrogen (secondary N) is 1. The van der Waals surface area contributed by atoms with E-state index in [2.05, 4.69) is 9.71 Å². The fraction of sp³-hybridized carbons (Fsp3) is 0.333. The van der Waals surface area contributed by atoms with Crippen molar-refractivity contribution in [2.75, 3.05) is 13.7 Å². The van der Waals surface area contributed by atoms with Crippen molar-refractivity contribution in [3.05, 3.63) is 54.4 Å². The molecule has 26 heavy (non-hydrogen) atoms. The van der Waals surface area contributed by atoms with Crippen molar-refractivity contribution in [2.24, 2.45) is 0 Å². The second kappa shape index (κ2) is 9.30. The van der Waals surface area contributed by atoms with Crippen molar-refractivity contribution < 1.29 is 22.7 Å². The molecule has 0 saturated carbocycles. The molecule has 2 rings (SSSR count). The van der Waals surface area contributed by atoms with Crippen LogP contribution in [0.5, 0.6) is 5.75 Å². The first-order chi connectivity index (χ1) is 12.4. The molecule has 0 aliphatic heterocycles. The molecule has 1 aromatic heterocycles. The molecule has 1 heterocycles. The molecule has 1 N–H and O–H groups in total. The number of benzene rings is 1. The monoisotopic (exact) mass is 378 g/mol. The van der Waals surface area contributed by atoms with Gasteiger partial charge in [-0.15, -0.1) is 0 Å². The van der Waals surface area contributed by atoms with E-state index < -0.39 is 22.0 Å². The van der Waals surface area contributed by atoms with Gasteiger partial charge in [0.25, 0.3) is 0 Å². The number of hydrogen-bond acceptors (Lipinski definition) is 6. The van der Waals surface area contributed by atoms with Gasteiger partial charge in [0.05, 0.1) is 25.0 Å². The van der Waals surface area contributed by atoms with E-state index in [0.29, 0.717) is 12.2 Å². The Hall–Kier alpha value is -2.45. The first-order valence-corrected chi connectivity index (χ1v) is 9.64. The molecular formula is C18H22N2O5S. The minimum absolute atomic E-state index is 0.0666. The van der Waals surface area contributed by atoms with Gasteiger partial charge in [-0.3, -0.25) is 9.78 Å². The van der Waals surface area contributed by atoms with Gasteiger partial charge in [-0.05, 0) is 37.1 Å². The van der Waals surface area contributed by atoms with E-state index in [0.717, 1.165) is 5.56 Å². The molecule has 1 unspecified atom stereocenters. The number of methoxy groups -OCH3 is 1. The molecule has 8 heteroatoms. The Bertz CT molecular complexity index is 824. The molecule has 1 atom stereocenters. The summed E-state index contributed by atoms with van der Waals surface area (Å²) in [6, 6.07) is 9.07. The molecule has 0 aliphatic carbocycles. The highest BCUT2D eigenvalue weighted by molar-refractivity contribution is 7.89. The summed E-state index contributed by atoms with van der Waals surface area (Å²) in [6.07, 6.45) is 3.50. The summed E-state index contributed by atoms with van der Waals surface area (Å²) in [5.41, 5.74) is 0.815. The molecule has 7 nitrogen and oxygen atoms in total.